The van der Waals surface area contributed by atoms with Crippen molar-refractivity contribution in [2.24, 2.45) is 5.41 Å². The summed E-state index contributed by atoms with van der Waals surface area (Å²) >= 11 is 0. The molecule has 1 saturated carbocycles. The van der Waals surface area contributed by atoms with Gasteiger partial charge in [-0.3, -0.25) is 9.69 Å². The van der Waals surface area contributed by atoms with Gasteiger partial charge in [0.15, 0.2) is 0 Å². The fourth-order valence-electron chi connectivity index (χ4n) is 2.87. The zero-order valence-corrected chi connectivity index (χ0v) is 10.3. The normalized spacial score (nSPS) is 25.9. The van der Waals surface area contributed by atoms with Gasteiger partial charge in [-0.1, -0.05) is 0 Å². The second-order valence-electron chi connectivity index (χ2n) is 6.33. The molecule has 0 aromatic carbocycles. The van der Waals surface area contributed by atoms with E-state index in [0.29, 0.717) is 17.0 Å². The summed E-state index contributed by atoms with van der Waals surface area (Å²) in [7, 11) is 0. The van der Waals surface area contributed by atoms with Crippen LogP contribution in [-0.2, 0) is 4.79 Å². The third-order valence-corrected chi connectivity index (χ3v) is 3.77. The van der Waals surface area contributed by atoms with Crippen molar-refractivity contribution in [3.8, 4) is 0 Å². The number of carbonyl (C=O) groups is 1. The van der Waals surface area contributed by atoms with E-state index in [9.17, 15) is 4.79 Å². The number of amides is 1. The summed E-state index contributed by atoms with van der Waals surface area (Å²) in [5, 5.41) is 3.00. The zero-order valence-electron chi connectivity index (χ0n) is 10.3. The molecule has 0 aromatic heterocycles. The van der Waals surface area contributed by atoms with Gasteiger partial charge in [0.05, 0.1) is 0 Å². The molecule has 1 aliphatic carbocycles. The molecule has 0 bridgehead atoms. The Morgan fingerprint density at radius 3 is 2.27 bits per heavy atom. The minimum atomic E-state index is 0.113. The van der Waals surface area contributed by atoms with E-state index in [0.717, 1.165) is 0 Å². The minimum absolute atomic E-state index is 0.113. The van der Waals surface area contributed by atoms with Gasteiger partial charge in [0.1, 0.15) is 0 Å². The third kappa shape index (κ3) is 2.03. The Morgan fingerprint density at radius 2 is 1.87 bits per heavy atom. The average Bonchev–Trinajstić information content (AvgIpc) is 1.87. The highest BCUT2D eigenvalue weighted by Crippen LogP contribution is 2.50. The highest BCUT2D eigenvalue weighted by atomic mass is 16.1. The van der Waals surface area contributed by atoms with E-state index < -0.39 is 0 Å². The lowest BCUT2D eigenvalue weighted by atomic mass is 9.59. The van der Waals surface area contributed by atoms with E-state index in [2.05, 4.69) is 31.0 Å². The van der Waals surface area contributed by atoms with Crippen LogP contribution >= 0.6 is 0 Å². The van der Waals surface area contributed by atoms with Crippen LogP contribution in [0.1, 0.15) is 40.5 Å². The van der Waals surface area contributed by atoms with Crippen molar-refractivity contribution in [3.63, 3.8) is 0 Å². The second-order valence-corrected chi connectivity index (χ2v) is 6.33. The summed E-state index contributed by atoms with van der Waals surface area (Å²) in [5.41, 5.74) is 0.852. The number of carbonyl (C=O) groups excluding carboxylic acids is 1. The van der Waals surface area contributed by atoms with Crippen LogP contribution in [-0.4, -0.2) is 35.5 Å². The molecule has 3 heteroatoms. The molecule has 0 radical (unpaired) electrons. The quantitative estimate of drug-likeness (QED) is 0.709. The lowest BCUT2D eigenvalue weighted by molar-refractivity contribution is -0.132. The number of likely N-dealkylation sites (tertiary alicyclic amines) is 1. The maximum atomic E-state index is 10.9. The molecular formula is C12H22N2O. The molecule has 2 aliphatic rings. The monoisotopic (exact) mass is 210 g/mol. The Hall–Kier alpha value is -0.570. The Kier molecular flexibility index (Phi) is 2.34. The van der Waals surface area contributed by atoms with Crippen LogP contribution in [0, 0.1) is 5.41 Å². The highest BCUT2D eigenvalue weighted by Gasteiger charge is 2.54. The summed E-state index contributed by atoms with van der Waals surface area (Å²) < 4.78 is 0. The van der Waals surface area contributed by atoms with Crippen molar-refractivity contribution in [1.29, 1.82) is 0 Å². The van der Waals surface area contributed by atoms with Crippen molar-refractivity contribution >= 4 is 5.91 Å². The van der Waals surface area contributed by atoms with Gasteiger partial charge >= 0.3 is 0 Å². The third-order valence-electron chi connectivity index (χ3n) is 3.77. The molecule has 1 amide bonds. The van der Waals surface area contributed by atoms with E-state index in [1.807, 2.05) is 0 Å². The number of hydrogen-bond donors (Lipinski definition) is 1. The molecule has 86 valence electrons. The molecular weight excluding hydrogens is 188 g/mol. The predicted octanol–water partition coefficient (Wildman–Crippen LogP) is 1.39. The molecule has 2 fully saturated rings. The van der Waals surface area contributed by atoms with Crippen LogP contribution in [0.3, 0.4) is 0 Å². The topological polar surface area (TPSA) is 32.3 Å². The first kappa shape index (κ1) is 10.9. The summed E-state index contributed by atoms with van der Waals surface area (Å²) in [6.45, 7) is 10.8. The summed E-state index contributed by atoms with van der Waals surface area (Å²) in [6, 6.07) is 0.449. The predicted molar refractivity (Wildman–Crippen MR) is 60.6 cm³/mol. The van der Waals surface area contributed by atoms with Crippen LogP contribution in [0.25, 0.3) is 0 Å². The molecule has 2 rings (SSSR count). The molecule has 0 atom stereocenters. The first-order chi connectivity index (χ1) is 6.81. The molecule has 1 spiro atoms. The van der Waals surface area contributed by atoms with E-state index in [-0.39, 0.29) is 5.91 Å². The van der Waals surface area contributed by atoms with Crippen molar-refractivity contribution < 1.29 is 4.79 Å². The van der Waals surface area contributed by atoms with Crippen molar-refractivity contribution in [3.05, 3.63) is 0 Å². The Morgan fingerprint density at radius 1 is 1.33 bits per heavy atom. The van der Waals surface area contributed by atoms with Crippen molar-refractivity contribution in [1.82, 2.24) is 10.2 Å². The van der Waals surface area contributed by atoms with E-state index in [1.165, 1.54) is 25.9 Å². The van der Waals surface area contributed by atoms with Gasteiger partial charge in [-0.2, -0.15) is 0 Å². The van der Waals surface area contributed by atoms with Gasteiger partial charge in [0.25, 0.3) is 0 Å². The van der Waals surface area contributed by atoms with Crippen LogP contribution in [0.5, 0.6) is 0 Å². The molecule has 1 heterocycles. The number of nitrogens with zero attached hydrogens (tertiary/aromatic N) is 1. The van der Waals surface area contributed by atoms with Crippen molar-refractivity contribution in [2.45, 2.75) is 52.1 Å². The number of nitrogens with one attached hydrogen (secondary N) is 1. The molecule has 1 aliphatic heterocycles. The van der Waals surface area contributed by atoms with E-state index in [4.69, 9.17) is 0 Å². The SMILES string of the molecule is CC(=O)NC1CC2(C1)CN(C(C)(C)C)C2. The van der Waals surface area contributed by atoms with Gasteiger partial charge < -0.3 is 5.32 Å². The fraction of sp³-hybridized carbons (Fsp3) is 0.917. The molecule has 1 saturated heterocycles. The molecule has 3 nitrogen and oxygen atoms in total. The molecule has 1 N–H and O–H groups in total. The summed E-state index contributed by atoms with van der Waals surface area (Å²) in [6.07, 6.45) is 2.36. The largest absolute Gasteiger partial charge is 0.354 e. The van der Waals surface area contributed by atoms with E-state index >= 15 is 0 Å². The minimum Gasteiger partial charge on any atom is -0.354 e. The lowest BCUT2D eigenvalue weighted by Gasteiger charge is -2.62. The van der Waals surface area contributed by atoms with Gasteiger partial charge in [-0.15, -0.1) is 0 Å². The lowest BCUT2D eigenvalue weighted by Crippen LogP contribution is -2.69. The van der Waals surface area contributed by atoms with Gasteiger partial charge in [-0.05, 0) is 39.0 Å². The smallest absolute Gasteiger partial charge is 0.217 e. The highest BCUT2D eigenvalue weighted by molar-refractivity contribution is 5.73. The van der Waals surface area contributed by atoms with Gasteiger partial charge in [0.2, 0.25) is 5.91 Å². The maximum Gasteiger partial charge on any atom is 0.217 e. The van der Waals surface area contributed by atoms with E-state index in [1.54, 1.807) is 6.92 Å². The van der Waals surface area contributed by atoms with Crippen LogP contribution < -0.4 is 5.32 Å². The molecule has 15 heavy (non-hydrogen) atoms. The first-order valence-corrected chi connectivity index (χ1v) is 5.83. The summed E-state index contributed by atoms with van der Waals surface area (Å²) in [5.74, 6) is 0.113. The molecule has 0 unspecified atom stereocenters. The Balaban J connectivity index is 1.75. The van der Waals surface area contributed by atoms with Crippen LogP contribution in [0.4, 0.5) is 0 Å². The molecule has 0 aromatic rings. The number of rotatable bonds is 1. The Bertz CT molecular complexity index is 266. The van der Waals surface area contributed by atoms with Crippen LogP contribution in [0.15, 0.2) is 0 Å². The zero-order chi connectivity index (χ0) is 11.3. The van der Waals surface area contributed by atoms with Gasteiger partial charge in [0, 0.05) is 31.6 Å². The first-order valence-electron chi connectivity index (χ1n) is 5.83. The number of hydrogen-bond acceptors (Lipinski definition) is 2. The van der Waals surface area contributed by atoms with Crippen LogP contribution in [0.2, 0.25) is 0 Å². The van der Waals surface area contributed by atoms with Crippen molar-refractivity contribution in [2.75, 3.05) is 13.1 Å². The maximum absolute atomic E-state index is 10.9. The summed E-state index contributed by atoms with van der Waals surface area (Å²) in [4.78, 5) is 13.4. The second kappa shape index (κ2) is 3.21. The average molecular weight is 210 g/mol. The van der Waals surface area contributed by atoms with Gasteiger partial charge in [-0.25, -0.2) is 0 Å². The fourth-order valence-corrected chi connectivity index (χ4v) is 2.87. The standard InChI is InChI=1S/C12H22N2O/c1-9(15)13-10-5-12(6-10)7-14(8-12)11(2,3)4/h10H,5-8H2,1-4H3,(H,13,15). The Labute approximate surface area is 92.2 Å².